The molecule has 1 aromatic carbocycles. The SMILES string of the molecule is Cc1cc([C@@H](C)Nc2ccc(Cl)nc2C)c2oc(-c3cnn(C)n3)c(C)c(=O)c2c1. The molecule has 0 saturated heterocycles. The minimum Gasteiger partial charge on any atom is -0.453 e. The fraction of sp³-hybridized carbons (Fsp3) is 0.273. The first-order chi connectivity index (χ1) is 14.2. The number of halogens is 1. The van der Waals surface area contributed by atoms with Gasteiger partial charge in [0.2, 0.25) is 0 Å². The van der Waals surface area contributed by atoms with Gasteiger partial charge in [-0.3, -0.25) is 4.79 Å². The lowest BCUT2D eigenvalue weighted by Crippen LogP contribution is -2.13. The van der Waals surface area contributed by atoms with E-state index >= 15 is 0 Å². The number of nitrogens with one attached hydrogen (secondary N) is 1. The van der Waals surface area contributed by atoms with Crippen LogP contribution in [0.15, 0.2) is 39.7 Å². The van der Waals surface area contributed by atoms with Crippen molar-refractivity contribution in [2.75, 3.05) is 5.32 Å². The van der Waals surface area contributed by atoms with Crippen LogP contribution in [0.1, 0.15) is 35.3 Å². The normalized spacial score (nSPS) is 12.3. The van der Waals surface area contributed by atoms with Crippen LogP contribution in [0.3, 0.4) is 0 Å². The third-order valence-corrected chi connectivity index (χ3v) is 5.33. The highest BCUT2D eigenvalue weighted by Crippen LogP contribution is 2.32. The minimum absolute atomic E-state index is 0.0709. The van der Waals surface area contributed by atoms with Crippen LogP contribution in [0.5, 0.6) is 0 Å². The number of hydrogen-bond acceptors (Lipinski definition) is 6. The van der Waals surface area contributed by atoms with Crippen LogP contribution in [0.2, 0.25) is 5.15 Å². The Balaban J connectivity index is 1.88. The maximum atomic E-state index is 13.1. The average molecular weight is 424 g/mol. The molecule has 8 heteroatoms. The van der Waals surface area contributed by atoms with E-state index in [0.717, 1.165) is 22.5 Å². The van der Waals surface area contributed by atoms with Crippen molar-refractivity contribution in [3.8, 4) is 11.5 Å². The van der Waals surface area contributed by atoms with Gasteiger partial charge in [0.15, 0.2) is 11.2 Å². The lowest BCUT2D eigenvalue weighted by Gasteiger charge is -2.19. The molecule has 0 saturated carbocycles. The molecule has 0 amide bonds. The molecule has 3 heterocycles. The van der Waals surface area contributed by atoms with Crippen LogP contribution in [-0.4, -0.2) is 20.0 Å². The zero-order valence-electron chi connectivity index (χ0n) is 17.4. The predicted octanol–water partition coefficient (Wildman–Crippen LogP) is 4.74. The van der Waals surface area contributed by atoms with Gasteiger partial charge in [0.25, 0.3) is 0 Å². The highest BCUT2D eigenvalue weighted by atomic mass is 35.5. The third-order valence-electron chi connectivity index (χ3n) is 5.11. The topological polar surface area (TPSA) is 85.8 Å². The van der Waals surface area contributed by atoms with Crippen LogP contribution < -0.4 is 10.7 Å². The second kappa shape index (κ2) is 7.57. The van der Waals surface area contributed by atoms with Crippen LogP contribution in [-0.2, 0) is 7.05 Å². The maximum Gasteiger partial charge on any atom is 0.196 e. The molecule has 0 radical (unpaired) electrons. The average Bonchev–Trinajstić information content (AvgIpc) is 3.12. The molecule has 3 aromatic heterocycles. The summed E-state index contributed by atoms with van der Waals surface area (Å²) in [6.45, 7) is 7.63. The van der Waals surface area contributed by atoms with Crippen molar-refractivity contribution in [2.24, 2.45) is 7.05 Å². The fourth-order valence-electron chi connectivity index (χ4n) is 3.58. The number of anilines is 1. The van der Waals surface area contributed by atoms with Crippen molar-refractivity contribution in [2.45, 2.75) is 33.7 Å². The Kier molecular flexibility index (Phi) is 5.07. The third kappa shape index (κ3) is 3.57. The van der Waals surface area contributed by atoms with Gasteiger partial charge in [0.1, 0.15) is 16.4 Å². The fourth-order valence-corrected chi connectivity index (χ4v) is 3.77. The Labute approximate surface area is 178 Å². The molecule has 0 aliphatic rings. The monoisotopic (exact) mass is 423 g/mol. The summed E-state index contributed by atoms with van der Waals surface area (Å²) in [5.74, 6) is 0.433. The van der Waals surface area contributed by atoms with Gasteiger partial charge < -0.3 is 9.73 Å². The van der Waals surface area contributed by atoms with E-state index in [1.54, 1.807) is 26.2 Å². The Morgan fingerprint density at radius 1 is 1.20 bits per heavy atom. The smallest absolute Gasteiger partial charge is 0.196 e. The van der Waals surface area contributed by atoms with Gasteiger partial charge >= 0.3 is 0 Å². The minimum atomic E-state index is -0.144. The molecular weight excluding hydrogens is 402 g/mol. The first kappa shape index (κ1) is 20.1. The van der Waals surface area contributed by atoms with Gasteiger partial charge in [0.05, 0.1) is 29.0 Å². The number of benzene rings is 1. The molecule has 1 atom stereocenters. The summed E-state index contributed by atoms with van der Waals surface area (Å²) in [4.78, 5) is 18.9. The van der Waals surface area contributed by atoms with E-state index in [4.69, 9.17) is 16.0 Å². The largest absolute Gasteiger partial charge is 0.453 e. The molecule has 30 heavy (non-hydrogen) atoms. The van der Waals surface area contributed by atoms with Gasteiger partial charge in [-0.05, 0) is 51.5 Å². The van der Waals surface area contributed by atoms with E-state index < -0.39 is 0 Å². The Hall–Kier alpha value is -3.19. The Bertz CT molecular complexity index is 1330. The second-order valence-electron chi connectivity index (χ2n) is 7.47. The molecule has 7 nitrogen and oxygen atoms in total. The summed E-state index contributed by atoms with van der Waals surface area (Å²) in [5, 5.41) is 12.9. The van der Waals surface area contributed by atoms with E-state index in [0.29, 0.717) is 33.1 Å². The predicted molar refractivity (Wildman–Crippen MR) is 118 cm³/mol. The van der Waals surface area contributed by atoms with E-state index in [9.17, 15) is 4.79 Å². The van der Waals surface area contributed by atoms with Crippen molar-refractivity contribution in [3.63, 3.8) is 0 Å². The molecule has 4 rings (SSSR count). The second-order valence-corrected chi connectivity index (χ2v) is 7.86. The van der Waals surface area contributed by atoms with Gasteiger partial charge in [-0.25, -0.2) is 4.98 Å². The van der Waals surface area contributed by atoms with Crippen molar-refractivity contribution < 1.29 is 4.42 Å². The number of pyridine rings is 1. The molecule has 0 aliphatic carbocycles. The van der Waals surface area contributed by atoms with Crippen LogP contribution in [0.25, 0.3) is 22.4 Å². The number of nitrogens with zero attached hydrogens (tertiary/aromatic N) is 4. The number of rotatable bonds is 4. The highest BCUT2D eigenvalue weighted by molar-refractivity contribution is 6.29. The van der Waals surface area contributed by atoms with Crippen molar-refractivity contribution in [1.29, 1.82) is 0 Å². The summed E-state index contributed by atoms with van der Waals surface area (Å²) in [6.07, 6.45) is 1.59. The van der Waals surface area contributed by atoms with Crippen molar-refractivity contribution >= 4 is 28.3 Å². The zero-order chi connectivity index (χ0) is 21.6. The number of hydrogen-bond donors (Lipinski definition) is 1. The number of aromatic nitrogens is 4. The first-order valence-electron chi connectivity index (χ1n) is 9.59. The lowest BCUT2D eigenvalue weighted by molar-refractivity contribution is 0.597. The summed E-state index contributed by atoms with van der Waals surface area (Å²) in [6, 6.07) is 7.38. The first-order valence-corrected chi connectivity index (χ1v) is 9.96. The maximum absolute atomic E-state index is 13.1. The summed E-state index contributed by atoms with van der Waals surface area (Å²) < 4.78 is 6.27. The zero-order valence-corrected chi connectivity index (χ0v) is 18.2. The van der Waals surface area contributed by atoms with Crippen molar-refractivity contribution in [1.82, 2.24) is 20.0 Å². The molecule has 1 N–H and O–H groups in total. The molecule has 154 valence electrons. The van der Waals surface area contributed by atoms with Crippen molar-refractivity contribution in [3.05, 3.63) is 68.2 Å². The summed E-state index contributed by atoms with van der Waals surface area (Å²) >= 11 is 5.98. The number of aryl methyl sites for hydroxylation is 3. The van der Waals surface area contributed by atoms with Gasteiger partial charge in [-0.2, -0.15) is 15.0 Å². The molecule has 0 aliphatic heterocycles. The van der Waals surface area contributed by atoms with Gasteiger partial charge in [-0.15, -0.1) is 0 Å². The van der Waals surface area contributed by atoms with E-state index in [2.05, 4.69) is 20.5 Å². The van der Waals surface area contributed by atoms with E-state index in [1.807, 2.05) is 39.0 Å². The van der Waals surface area contributed by atoms with Gasteiger partial charge in [-0.1, -0.05) is 17.7 Å². The standard InChI is InChI=1S/C22H22ClN5O2/c1-11-8-15(13(3)25-17-6-7-19(23)26-14(17)4)22-16(9-11)20(29)12(2)21(30-22)18-10-24-28(5)27-18/h6-10,13,25H,1-5H3/t13-/m1/s1. The molecule has 0 unspecified atom stereocenters. The number of fused-ring (bicyclic) bond motifs is 1. The Morgan fingerprint density at radius 2 is 1.97 bits per heavy atom. The van der Waals surface area contributed by atoms with Crippen LogP contribution in [0, 0.1) is 20.8 Å². The quantitative estimate of drug-likeness (QED) is 0.477. The Morgan fingerprint density at radius 3 is 2.63 bits per heavy atom. The van der Waals surface area contributed by atoms with Crippen LogP contribution >= 0.6 is 11.6 Å². The molecular formula is C22H22ClN5O2. The molecule has 0 fully saturated rings. The van der Waals surface area contributed by atoms with Crippen LogP contribution in [0.4, 0.5) is 5.69 Å². The molecule has 0 spiro atoms. The lowest BCUT2D eigenvalue weighted by atomic mass is 9.99. The van der Waals surface area contributed by atoms with E-state index in [1.165, 1.54) is 4.80 Å². The molecule has 4 aromatic rings. The summed E-state index contributed by atoms with van der Waals surface area (Å²) in [7, 11) is 1.72. The molecule has 0 bridgehead atoms. The summed E-state index contributed by atoms with van der Waals surface area (Å²) in [5.41, 5.74) is 5.03. The van der Waals surface area contributed by atoms with Gasteiger partial charge in [0, 0.05) is 18.2 Å². The highest BCUT2D eigenvalue weighted by Gasteiger charge is 2.20. The van der Waals surface area contributed by atoms with E-state index in [-0.39, 0.29) is 11.5 Å².